The molecular weight excluding hydrogens is 1910 g/mol. The molecule has 1 aliphatic rings. The Labute approximate surface area is 840 Å². The highest BCUT2D eigenvalue weighted by Gasteiger charge is 2.49. The normalized spacial score (nSPS) is 15.8. The number of rotatable bonds is 36. The van der Waals surface area contributed by atoms with Gasteiger partial charge in [-0.2, -0.15) is 0 Å². The van der Waals surface area contributed by atoms with Gasteiger partial charge in [-0.15, -0.1) is 0 Å². The third-order valence-corrected chi connectivity index (χ3v) is 72.9. The Morgan fingerprint density at radius 1 is 0.308 bits per heavy atom. The Morgan fingerprint density at radius 2 is 0.554 bits per heavy atom. The van der Waals surface area contributed by atoms with E-state index in [1.54, 1.807) is 0 Å². The zero-order chi connectivity index (χ0) is 84.8. The van der Waals surface area contributed by atoms with Gasteiger partial charge in [0.15, 0.2) is 86.1 Å². The molecule has 6 aromatic carbocycles. The van der Waals surface area contributed by atoms with Crippen molar-refractivity contribution in [3.8, 4) is 0 Å². The summed E-state index contributed by atoms with van der Waals surface area (Å²) < 4.78 is 90.8. The van der Waals surface area contributed by atoms with E-state index in [9.17, 15) is 0 Å². The summed E-state index contributed by atoms with van der Waals surface area (Å²) in [5, 5.41) is 3.44. The third-order valence-electron chi connectivity index (χ3n) is 16.8. The van der Waals surface area contributed by atoms with Crippen molar-refractivity contribution in [1.29, 1.82) is 0 Å². The fourth-order valence-corrected chi connectivity index (χ4v) is 77.9. The summed E-state index contributed by atoms with van der Waals surface area (Å²) in [6, 6.07) is 67.7. The molecule has 10 unspecified atom stereocenters. The maximum Gasteiger partial charge on any atom is 0.505 e. The fourth-order valence-electron chi connectivity index (χ4n) is 13.9. The molecule has 0 amide bonds. The highest BCUT2D eigenvalue weighted by atomic mass is 28.5. The minimum Gasteiger partial charge on any atom is -0.439 e. The molecule has 0 aromatic heterocycles. The van der Waals surface area contributed by atoms with Gasteiger partial charge in [0.25, 0.3) is 27.9 Å². The van der Waals surface area contributed by atoms with Crippen molar-refractivity contribution in [2.24, 2.45) is 0 Å². The zero-order valence-electron chi connectivity index (χ0n) is 76.3. The van der Waals surface area contributed by atoms with Crippen molar-refractivity contribution in [2.75, 3.05) is 6.61 Å². The Balaban J connectivity index is -0.0000000866. The van der Waals surface area contributed by atoms with E-state index in [2.05, 4.69) is 375 Å². The summed E-state index contributed by atoms with van der Waals surface area (Å²) in [6.07, 6.45) is 2.50. The highest BCUT2D eigenvalue weighted by molar-refractivity contribution is 7.01. The topological polar surface area (TPSA) is 129 Å². The van der Waals surface area contributed by atoms with Gasteiger partial charge in [-0.3, -0.25) is 0 Å². The van der Waals surface area contributed by atoms with Gasteiger partial charge in [-0.1, -0.05) is 343 Å². The SMILES string of the molecule is C.C.C.C.C.C.C.C.C.C.C.C.C.C.C.C.C.C.CC(C[Si](C)(O[SiH](C)O[Si](C)(C)C)O[Si](C)(C)C)c1ccccc1.CC(C[Si](C)(O[SiH](C)O[Si](C)(C)C)O[Si](C)(C)C)c1ccccc1.CC(C[Si]1(C)OCCCC[SiH](C)O1)c1ccccc1.C[SiH](C)O[Si](O[SiH](C)C)(O[SiH](C)C)c1ccccc1.C[SiH](O[Si](C)(C)C)O[Si](O[Si](C)(C)C)(c1ccccc1)c1ccccc1. The molecule has 6 aromatic rings. The lowest BCUT2D eigenvalue weighted by atomic mass is 10.0. The van der Waals surface area contributed by atoms with Crippen LogP contribution >= 0.6 is 0 Å². The maximum absolute atomic E-state index is 6.91. The molecular formula is C98H228O14Si18. The van der Waals surface area contributed by atoms with Crippen LogP contribution in [-0.2, 0) is 57.9 Å². The molecule has 1 aliphatic heterocycles. The first-order chi connectivity index (χ1) is 51.6. The summed E-state index contributed by atoms with van der Waals surface area (Å²) in [5.41, 5.74) is 4.12. The van der Waals surface area contributed by atoms with Crippen LogP contribution in [0.2, 0.25) is 227 Å². The summed E-state index contributed by atoms with van der Waals surface area (Å²) in [4.78, 5) is 0. The molecule has 32 heteroatoms. The molecule has 7 rings (SSSR count). The predicted octanol–water partition coefficient (Wildman–Crippen LogP) is 32.0. The molecule has 1 fully saturated rings. The van der Waals surface area contributed by atoms with E-state index in [0.717, 1.165) is 40.3 Å². The minimum absolute atomic E-state index is 0. The van der Waals surface area contributed by atoms with Crippen LogP contribution in [0.25, 0.3) is 0 Å². The van der Waals surface area contributed by atoms with Crippen LogP contribution in [0.4, 0.5) is 0 Å². The van der Waals surface area contributed by atoms with Gasteiger partial charge in [-0.05, 0) is 278 Å². The van der Waals surface area contributed by atoms with E-state index in [1.165, 1.54) is 35.6 Å². The predicted molar refractivity (Wildman–Crippen MR) is 648 cm³/mol. The number of hydrogen-bond acceptors (Lipinski definition) is 14. The van der Waals surface area contributed by atoms with Crippen molar-refractivity contribution in [3.05, 3.63) is 199 Å². The molecule has 0 N–H and O–H groups in total. The summed E-state index contributed by atoms with van der Waals surface area (Å²) in [5.74, 6) is 1.40. The first-order valence-electron chi connectivity index (χ1n) is 41.4. The van der Waals surface area contributed by atoms with Crippen LogP contribution in [0.15, 0.2) is 182 Å². The monoisotopic (exact) mass is 2130 g/mol. The molecule has 0 saturated carbocycles. The fraction of sp³-hybridized carbons (Fsp3) is 0.633. The van der Waals surface area contributed by atoms with Gasteiger partial charge in [0.2, 0.25) is 0 Å². The summed E-state index contributed by atoms with van der Waals surface area (Å²) in [7, 11) is -31.9. The molecule has 0 spiro atoms. The molecule has 10 atom stereocenters. The second kappa shape index (κ2) is 76.5. The standard InChI is InChI=1S/C19H32O3Si4.2C17H36O3Si4.C15H26O2Si2.C12H26O3Si4.18CH4/c1-23(20-24(2,3)4)21-26(22-25(5,6)7,18-14-10-8-11-15-18)19-16-12-9-13-17-19;2*1-16(17-13-11-10-12-14-17)15-24(9,20-23(6,7)8)19-21(2)18-22(3,4)5;1-14(15-9-5-4-6-10-15)13-19(3)16-11-7-8-12-18(2)17-19;1-16(2)13-19(14-17(3)4,15-18(5)6)12-10-8-7-9-11-12;;;;;;;;;;;;;;;;;;/h8-17,23H,1-7H3;2*10-14,16,21H,15H2,1-9H3;4-6,9-10,14,18H,7-8,11-13H2,1-3H3;7-11,16-18H,1-6H3;18*1H4. The molecule has 130 heavy (non-hydrogen) atoms. The molecule has 1 heterocycles. The first kappa shape index (κ1) is 165. The van der Waals surface area contributed by atoms with Crippen molar-refractivity contribution < 1.29 is 57.9 Å². The van der Waals surface area contributed by atoms with Crippen LogP contribution in [0.5, 0.6) is 0 Å². The summed E-state index contributed by atoms with van der Waals surface area (Å²) in [6.45, 7) is 76.6. The highest BCUT2D eigenvalue weighted by Crippen LogP contribution is 2.35. The summed E-state index contributed by atoms with van der Waals surface area (Å²) >= 11 is 0. The smallest absolute Gasteiger partial charge is 0.439 e. The Hall–Kier alpha value is -1.34. The zero-order valence-corrected chi connectivity index (χ0v) is 95.3. The van der Waals surface area contributed by atoms with Crippen LogP contribution in [0.3, 0.4) is 0 Å². The van der Waals surface area contributed by atoms with E-state index in [0.29, 0.717) is 17.8 Å². The largest absolute Gasteiger partial charge is 0.505 e. The van der Waals surface area contributed by atoms with E-state index < -0.39 is 157 Å². The maximum atomic E-state index is 6.91. The lowest BCUT2D eigenvalue weighted by molar-refractivity contribution is 0.227. The number of benzene rings is 6. The van der Waals surface area contributed by atoms with E-state index in [-0.39, 0.29) is 134 Å². The lowest BCUT2D eigenvalue weighted by Crippen LogP contribution is -2.68. The Kier molecular flexibility index (Phi) is 97.2. The number of hydrogen-bond donors (Lipinski definition) is 0. The first-order valence-corrected chi connectivity index (χ1v) is 90.0. The van der Waals surface area contributed by atoms with Gasteiger partial charge in [0.05, 0.1) is 0 Å². The lowest BCUT2D eigenvalue weighted by Gasteiger charge is -2.39. The van der Waals surface area contributed by atoms with Crippen LogP contribution in [0, 0.1) is 0 Å². The average Bonchev–Trinajstić information content (AvgIpc) is 0.764. The molecule has 0 radical (unpaired) electrons. The Bertz CT molecular complexity index is 3340. The van der Waals surface area contributed by atoms with Crippen molar-refractivity contribution in [3.63, 3.8) is 0 Å². The van der Waals surface area contributed by atoms with Gasteiger partial charge < -0.3 is 57.9 Å². The minimum atomic E-state index is -2.83. The molecule has 0 aliphatic carbocycles. The van der Waals surface area contributed by atoms with Gasteiger partial charge >= 0.3 is 43.0 Å². The van der Waals surface area contributed by atoms with E-state index in [1.807, 2.05) is 30.3 Å². The average molecular weight is 2140 g/mol. The molecule has 776 valence electrons. The van der Waals surface area contributed by atoms with Crippen molar-refractivity contribution in [2.45, 2.75) is 412 Å². The molecule has 14 nitrogen and oxygen atoms in total. The Morgan fingerprint density at radius 3 is 0.808 bits per heavy atom. The quantitative estimate of drug-likeness (QED) is 0.0346. The molecule has 0 bridgehead atoms. The second-order valence-corrected chi connectivity index (χ2v) is 98.9. The van der Waals surface area contributed by atoms with Gasteiger partial charge in [0.1, 0.15) is 0 Å². The van der Waals surface area contributed by atoms with Crippen LogP contribution < -0.4 is 15.6 Å². The third kappa shape index (κ3) is 70.3. The van der Waals surface area contributed by atoms with Crippen LogP contribution in [0.1, 0.15) is 202 Å². The van der Waals surface area contributed by atoms with Gasteiger partial charge in [-0.25, -0.2) is 0 Å². The van der Waals surface area contributed by atoms with E-state index >= 15 is 0 Å². The van der Waals surface area contributed by atoms with Crippen molar-refractivity contribution >= 4 is 173 Å². The van der Waals surface area contributed by atoms with Gasteiger partial charge in [0, 0.05) is 11.8 Å². The molecule has 1 saturated heterocycles. The second-order valence-electron chi connectivity index (χ2n) is 37.4. The van der Waals surface area contributed by atoms with Crippen LogP contribution in [-0.4, -0.2) is 164 Å². The van der Waals surface area contributed by atoms with E-state index in [4.69, 9.17) is 57.9 Å². The van der Waals surface area contributed by atoms with Crippen molar-refractivity contribution in [1.82, 2.24) is 0 Å².